The molecule has 0 fully saturated rings. The highest BCUT2D eigenvalue weighted by Crippen LogP contribution is 2.47. The van der Waals surface area contributed by atoms with Crippen LogP contribution in [-0.4, -0.2) is 17.8 Å². The van der Waals surface area contributed by atoms with Crippen LogP contribution in [0.3, 0.4) is 0 Å². The monoisotopic (exact) mass is 376 g/mol. The number of methoxy groups -OCH3 is 1. The molecular formula is C22H20N2O2S. The minimum atomic E-state index is -0.244. The first-order valence-electron chi connectivity index (χ1n) is 9.04. The number of ether oxygens (including phenoxy) is 2. The van der Waals surface area contributed by atoms with Crippen LogP contribution in [0.4, 0.5) is 0 Å². The van der Waals surface area contributed by atoms with Crippen LogP contribution in [0, 0.1) is 6.92 Å². The van der Waals surface area contributed by atoms with E-state index in [1.807, 2.05) is 12.1 Å². The summed E-state index contributed by atoms with van der Waals surface area (Å²) in [6.07, 6.45) is 0.652. The zero-order valence-electron chi connectivity index (χ0n) is 15.3. The number of aryl methyl sites for hydroxylation is 1. The Morgan fingerprint density at radius 1 is 1.15 bits per heavy atom. The predicted octanol–water partition coefficient (Wildman–Crippen LogP) is 5.31. The molecule has 0 spiro atoms. The molecule has 2 aliphatic heterocycles. The molecule has 5 heteroatoms. The maximum absolute atomic E-state index is 6.41. The highest BCUT2D eigenvalue weighted by Gasteiger charge is 2.41. The molecule has 136 valence electrons. The molecule has 2 atom stereocenters. The highest BCUT2D eigenvalue weighted by molar-refractivity contribution is 7.12. The lowest BCUT2D eigenvalue weighted by atomic mass is 9.97. The van der Waals surface area contributed by atoms with E-state index in [2.05, 4.69) is 59.8 Å². The van der Waals surface area contributed by atoms with E-state index in [0.29, 0.717) is 0 Å². The summed E-state index contributed by atoms with van der Waals surface area (Å²) in [5.74, 6) is 1.83. The van der Waals surface area contributed by atoms with Crippen LogP contribution >= 0.6 is 11.3 Å². The van der Waals surface area contributed by atoms with Gasteiger partial charge in [-0.05, 0) is 48.2 Å². The van der Waals surface area contributed by atoms with E-state index in [1.54, 1.807) is 18.4 Å². The molecule has 2 aromatic carbocycles. The molecule has 3 aromatic rings. The molecule has 2 unspecified atom stereocenters. The molecule has 5 rings (SSSR count). The normalized spacial score (nSPS) is 20.5. The molecule has 2 aliphatic rings. The summed E-state index contributed by atoms with van der Waals surface area (Å²) < 4.78 is 11.8. The van der Waals surface area contributed by atoms with Crippen molar-refractivity contribution in [3.8, 4) is 11.5 Å². The minimum Gasteiger partial charge on any atom is -0.496 e. The van der Waals surface area contributed by atoms with Crippen molar-refractivity contribution in [2.75, 3.05) is 7.11 Å². The Kier molecular flexibility index (Phi) is 3.90. The fourth-order valence-corrected chi connectivity index (χ4v) is 4.62. The van der Waals surface area contributed by atoms with Gasteiger partial charge in [-0.3, -0.25) is 0 Å². The van der Waals surface area contributed by atoms with Crippen molar-refractivity contribution in [3.63, 3.8) is 0 Å². The summed E-state index contributed by atoms with van der Waals surface area (Å²) in [5, 5.41) is 9.21. The molecule has 0 saturated carbocycles. The summed E-state index contributed by atoms with van der Waals surface area (Å²) in [5.41, 5.74) is 4.51. The fraction of sp³-hybridized carbons (Fsp3) is 0.227. The summed E-state index contributed by atoms with van der Waals surface area (Å²) in [6.45, 7) is 2.06. The van der Waals surface area contributed by atoms with Crippen LogP contribution < -0.4 is 9.47 Å². The van der Waals surface area contributed by atoms with Gasteiger partial charge in [-0.25, -0.2) is 5.01 Å². The van der Waals surface area contributed by atoms with E-state index in [0.717, 1.165) is 34.8 Å². The molecule has 27 heavy (non-hydrogen) atoms. The molecule has 0 N–H and O–H groups in total. The van der Waals surface area contributed by atoms with E-state index in [-0.39, 0.29) is 12.3 Å². The Morgan fingerprint density at radius 2 is 2.04 bits per heavy atom. The fourth-order valence-electron chi connectivity index (χ4n) is 3.90. The number of hydrazone groups is 1. The van der Waals surface area contributed by atoms with Gasteiger partial charge in [0, 0.05) is 17.5 Å². The quantitative estimate of drug-likeness (QED) is 0.621. The van der Waals surface area contributed by atoms with Crippen LogP contribution in [0.1, 0.15) is 40.3 Å². The number of benzene rings is 2. The minimum absolute atomic E-state index is 0.194. The van der Waals surface area contributed by atoms with Gasteiger partial charge in [-0.1, -0.05) is 24.3 Å². The molecule has 0 amide bonds. The Hall–Kier alpha value is -2.79. The van der Waals surface area contributed by atoms with E-state index < -0.39 is 0 Å². The SMILES string of the molecule is COc1ccc(C2Oc3ccccc3C3CC(c4cccs4)=NN32)cc1C. The topological polar surface area (TPSA) is 34.1 Å². The number of rotatable bonds is 3. The molecule has 3 heterocycles. The van der Waals surface area contributed by atoms with Crippen molar-refractivity contribution in [1.82, 2.24) is 5.01 Å². The van der Waals surface area contributed by atoms with Crippen molar-refractivity contribution < 1.29 is 9.47 Å². The second-order valence-electron chi connectivity index (χ2n) is 6.86. The third-order valence-corrected chi connectivity index (χ3v) is 6.13. The largest absolute Gasteiger partial charge is 0.496 e. The van der Waals surface area contributed by atoms with E-state index >= 15 is 0 Å². The average Bonchev–Trinajstić information content (AvgIpc) is 3.37. The number of nitrogens with zero attached hydrogens (tertiary/aromatic N) is 2. The maximum Gasteiger partial charge on any atom is 0.213 e. The van der Waals surface area contributed by atoms with Crippen molar-refractivity contribution in [3.05, 3.63) is 81.5 Å². The molecule has 0 saturated heterocycles. The van der Waals surface area contributed by atoms with Gasteiger partial charge in [-0.2, -0.15) is 5.10 Å². The first-order chi connectivity index (χ1) is 13.2. The Bertz CT molecular complexity index is 1010. The predicted molar refractivity (Wildman–Crippen MR) is 108 cm³/mol. The second kappa shape index (κ2) is 6.43. The van der Waals surface area contributed by atoms with Gasteiger partial charge in [0.2, 0.25) is 6.23 Å². The lowest BCUT2D eigenvalue weighted by molar-refractivity contribution is -0.0190. The lowest BCUT2D eigenvalue weighted by Crippen LogP contribution is -2.33. The van der Waals surface area contributed by atoms with Gasteiger partial charge in [0.05, 0.1) is 23.7 Å². The average molecular weight is 376 g/mol. The number of hydrogen-bond donors (Lipinski definition) is 0. The molecule has 1 aromatic heterocycles. The lowest BCUT2D eigenvalue weighted by Gasteiger charge is -2.38. The van der Waals surface area contributed by atoms with Gasteiger partial charge in [0.15, 0.2) is 0 Å². The van der Waals surface area contributed by atoms with Gasteiger partial charge in [0.1, 0.15) is 11.5 Å². The first kappa shape index (κ1) is 16.4. The van der Waals surface area contributed by atoms with E-state index in [9.17, 15) is 0 Å². The van der Waals surface area contributed by atoms with E-state index in [1.165, 1.54) is 10.4 Å². The van der Waals surface area contributed by atoms with E-state index in [4.69, 9.17) is 14.6 Å². The number of para-hydroxylation sites is 1. The first-order valence-corrected chi connectivity index (χ1v) is 9.92. The van der Waals surface area contributed by atoms with Gasteiger partial charge in [0.25, 0.3) is 0 Å². The summed E-state index contributed by atoms with van der Waals surface area (Å²) >= 11 is 1.74. The highest BCUT2D eigenvalue weighted by atomic mass is 32.1. The number of thiophene rings is 1. The van der Waals surface area contributed by atoms with Crippen molar-refractivity contribution >= 4 is 17.0 Å². The molecule has 0 aliphatic carbocycles. The Balaban J connectivity index is 1.59. The van der Waals surface area contributed by atoms with Crippen LogP contribution in [0.2, 0.25) is 0 Å². The summed E-state index contributed by atoms with van der Waals surface area (Å²) in [4.78, 5) is 1.23. The van der Waals surface area contributed by atoms with Crippen LogP contribution in [0.25, 0.3) is 0 Å². The van der Waals surface area contributed by atoms with Crippen LogP contribution in [0.5, 0.6) is 11.5 Å². The Morgan fingerprint density at radius 3 is 2.81 bits per heavy atom. The molecule has 0 radical (unpaired) electrons. The Labute approximate surface area is 162 Å². The maximum atomic E-state index is 6.41. The number of hydrogen-bond acceptors (Lipinski definition) is 5. The molecule has 0 bridgehead atoms. The molecular weight excluding hydrogens is 356 g/mol. The second-order valence-corrected chi connectivity index (χ2v) is 7.81. The third-order valence-electron chi connectivity index (χ3n) is 5.21. The van der Waals surface area contributed by atoms with Crippen LogP contribution in [0.15, 0.2) is 65.1 Å². The summed E-state index contributed by atoms with van der Waals surface area (Å²) in [6, 6.07) is 18.9. The standard InChI is InChI=1S/C22H20N2O2S/c1-14-12-15(9-10-19(14)25-2)22-24-18(16-6-3-4-7-20(16)26-22)13-17(23-24)21-8-5-11-27-21/h3-12,18,22H,13H2,1-2H3. The zero-order valence-corrected chi connectivity index (χ0v) is 16.1. The van der Waals surface area contributed by atoms with Crippen molar-refractivity contribution in [1.29, 1.82) is 0 Å². The number of fused-ring (bicyclic) bond motifs is 3. The van der Waals surface area contributed by atoms with Crippen molar-refractivity contribution in [2.45, 2.75) is 25.6 Å². The van der Waals surface area contributed by atoms with Gasteiger partial charge < -0.3 is 9.47 Å². The smallest absolute Gasteiger partial charge is 0.213 e. The zero-order chi connectivity index (χ0) is 18.4. The summed E-state index contributed by atoms with van der Waals surface area (Å²) in [7, 11) is 1.70. The molecule has 4 nitrogen and oxygen atoms in total. The van der Waals surface area contributed by atoms with Crippen LogP contribution in [-0.2, 0) is 0 Å². The third kappa shape index (κ3) is 2.70. The van der Waals surface area contributed by atoms with Crippen molar-refractivity contribution in [2.24, 2.45) is 5.10 Å². The van der Waals surface area contributed by atoms with Gasteiger partial charge >= 0.3 is 0 Å². The van der Waals surface area contributed by atoms with Gasteiger partial charge in [-0.15, -0.1) is 11.3 Å².